The topological polar surface area (TPSA) is 88.1 Å². The number of carboxylic acid groups (broad SMARTS) is 1. The Labute approximate surface area is 147 Å². The first-order chi connectivity index (χ1) is 12.0. The Morgan fingerprint density at radius 1 is 1.20 bits per heavy atom. The molecule has 0 saturated carbocycles. The Balaban J connectivity index is 1.93. The molecule has 1 fully saturated rings. The first-order valence-corrected chi connectivity index (χ1v) is 8.41. The molecule has 1 aromatic rings. The van der Waals surface area contributed by atoms with Gasteiger partial charge in [-0.05, 0) is 37.5 Å². The van der Waals surface area contributed by atoms with Gasteiger partial charge in [0, 0.05) is 20.2 Å². The van der Waals surface area contributed by atoms with Crippen LogP contribution in [0.4, 0.5) is 4.79 Å². The summed E-state index contributed by atoms with van der Waals surface area (Å²) < 4.78 is 10.7. The molecule has 0 radical (unpaired) electrons. The van der Waals surface area contributed by atoms with Crippen LogP contribution >= 0.6 is 0 Å². The zero-order chi connectivity index (χ0) is 18.4. The second-order valence-electron chi connectivity index (χ2n) is 6.27. The second-order valence-corrected chi connectivity index (χ2v) is 6.27. The predicted octanol–water partition coefficient (Wildman–Crippen LogP) is 2.28. The maximum Gasteiger partial charge on any atom is 0.317 e. The number of carbonyl (C=O) groups is 2. The quantitative estimate of drug-likeness (QED) is 0.822. The number of methoxy groups -OCH3 is 2. The first kappa shape index (κ1) is 19.1. The normalized spacial score (nSPS) is 17.6. The molecule has 1 heterocycles. The van der Waals surface area contributed by atoms with Gasteiger partial charge in [0.2, 0.25) is 0 Å². The number of nitrogens with zero attached hydrogens (tertiary/aromatic N) is 1. The van der Waals surface area contributed by atoms with Gasteiger partial charge < -0.3 is 24.8 Å². The van der Waals surface area contributed by atoms with Crippen LogP contribution < -0.4 is 10.1 Å². The Kier molecular flexibility index (Phi) is 6.64. The molecule has 2 amide bonds. The van der Waals surface area contributed by atoms with Crippen molar-refractivity contribution >= 4 is 12.0 Å². The SMILES string of the molecule is COc1ccc(C(OC)C(C)NC(=O)N2CCC(C(=O)O)CC2)cc1. The Hall–Kier alpha value is -2.28. The fourth-order valence-electron chi connectivity index (χ4n) is 3.11. The molecule has 2 unspecified atom stereocenters. The number of hydrogen-bond acceptors (Lipinski definition) is 4. The smallest absolute Gasteiger partial charge is 0.317 e. The van der Waals surface area contributed by atoms with E-state index in [1.165, 1.54) is 0 Å². The molecule has 7 nitrogen and oxygen atoms in total. The average Bonchev–Trinajstić information content (AvgIpc) is 2.63. The highest BCUT2D eigenvalue weighted by molar-refractivity contribution is 5.75. The van der Waals surface area contributed by atoms with Crippen molar-refractivity contribution in [3.63, 3.8) is 0 Å². The highest BCUT2D eigenvalue weighted by Crippen LogP contribution is 2.24. The summed E-state index contributed by atoms with van der Waals surface area (Å²) in [5, 5.41) is 12.0. The van der Waals surface area contributed by atoms with Gasteiger partial charge in [-0.3, -0.25) is 4.79 Å². The van der Waals surface area contributed by atoms with Crippen molar-refractivity contribution in [1.82, 2.24) is 10.2 Å². The fourth-order valence-corrected chi connectivity index (χ4v) is 3.11. The van der Waals surface area contributed by atoms with Crippen LogP contribution in [0.15, 0.2) is 24.3 Å². The molecule has 0 bridgehead atoms. The molecule has 7 heteroatoms. The van der Waals surface area contributed by atoms with E-state index in [0.29, 0.717) is 25.9 Å². The zero-order valence-corrected chi connectivity index (χ0v) is 14.9. The Bertz CT molecular complexity index is 582. The van der Waals surface area contributed by atoms with Crippen LogP contribution in [-0.4, -0.2) is 55.4 Å². The molecule has 1 aromatic carbocycles. The summed E-state index contributed by atoms with van der Waals surface area (Å²) in [6.07, 6.45) is 0.693. The number of likely N-dealkylation sites (tertiary alicyclic amines) is 1. The van der Waals surface area contributed by atoms with Gasteiger partial charge in [0.15, 0.2) is 0 Å². The van der Waals surface area contributed by atoms with Crippen LogP contribution in [0.3, 0.4) is 0 Å². The lowest BCUT2D eigenvalue weighted by Crippen LogP contribution is -2.49. The number of nitrogens with one attached hydrogen (secondary N) is 1. The number of amides is 2. The lowest BCUT2D eigenvalue weighted by atomic mass is 9.97. The summed E-state index contributed by atoms with van der Waals surface area (Å²) in [4.78, 5) is 25.1. The maximum absolute atomic E-state index is 12.4. The molecule has 1 aliphatic heterocycles. The maximum atomic E-state index is 12.4. The summed E-state index contributed by atoms with van der Waals surface area (Å²) in [7, 11) is 3.22. The molecule has 2 atom stereocenters. The molecule has 0 aromatic heterocycles. The van der Waals surface area contributed by atoms with Gasteiger partial charge in [0.1, 0.15) is 11.9 Å². The van der Waals surface area contributed by atoms with Gasteiger partial charge in [-0.15, -0.1) is 0 Å². The van der Waals surface area contributed by atoms with Crippen LogP contribution in [-0.2, 0) is 9.53 Å². The molecular weight excluding hydrogens is 324 g/mol. The minimum Gasteiger partial charge on any atom is -0.497 e. The van der Waals surface area contributed by atoms with Gasteiger partial charge in [-0.2, -0.15) is 0 Å². The molecule has 1 aliphatic rings. The molecule has 2 N–H and O–H groups in total. The largest absolute Gasteiger partial charge is 0.497 e. The predicted molar refractivity (Wildman–Crippen MR) is 92.7 cm³/mol. The number of aliphatic carboxylic acids is 1. The van der Waals surface area contributed by atoms with Crippen LogP contribution in [0, 0.1) is 5.92 Å². The van der Waals surface area contributed by atoms with Crippen molar-refractivity contribution in [1.29, 1.82) is 0 Å². The van der Waals surface area contributed by atoms with Crippen LogP contribution in [0.5, 0.6) is 5.75 Å². The third-order valence-electron chi connectivity index (χ3n) is 4.63. The van der Waals surface area contributed by atoms with Crippen molar-refractivity contribution in [3.8, 4) is 5.75 Å². The molecule has 138 valence electrons. The standard InChI is InChI=1S/C18H26N2O5/c1-12(16(25-3)13-4-6-15(24-2)7-5-13)19-18(23)20-10-8-14(9-11-20)17(21)22/h4-7,12,14,16H,8-11H2,1-3H3,(H,19,23)(H,21,22). The number of benzene rings is 1. The average molecular weight is 350 g/mol. The third kappa shape index (κ3) is 4.85. The monoisotopic (exact) mass is 350 g/mol. The van der Waals surface area contributed by atoms with E-state index in [1.807, 2.05) is 31.2 Å². The number of piperidine rings is 1. The highest BCUT2D eigenvalue weighted by Gasteiger charge is 2.29. The van der Waals surface area contributed by atoms with Crippen LogP contribution in [0.25, 0.3) is 0 Å². The molecule has 25 heavy (non-hydrogen) atoms. The Morgan fingerprint density at radius 2 is 1.80 bits per heavy atom. The highest BCUT2D eigenvalue weighted by atomic mass is 16.5. The minimum atomic E-state index is -0.785. The van der Waals surface area contributed by atoms with Crippen molar-refractivity contribution in [3.05, 3.63) is 29.8 Å². The molecule has 2 rings (SSSR count). The number of carboxylic acids is 1. The number of urea groups is 1. The van der Waals surface area contributed by atoms with Crippen LogP contribution in [0.1, 0.15) is 31.4 Å². The van der Waals surface area contributed by atoms with Crippen molar-refractivity contribution < 1.29 is 24.2 Å². The number of hydrogen-bond donors (Lipinski definition) is 2. The van der Waals surface area contributed by atoms with Crippen molar-refractivity contribution in [2.24, 2.45) is 5.92 Å². The van der Waals surface area contributed by atoms with E-state index >= 15 is 0 Å². The third-order valence-corrected chi connectivity index (χ3v) is 4.63. The van der Waals surface area contributed by atoms with Crippen molar-refractivity contribution in [2.75, 3.05) is 27.3 Å². The van der Waals surface area contributed by atoms with Crippen molar-refractivity contribution in [2.45, 2.75) is 31.9 Å². The van der Waals surface area contributed by atoms with E-state index in [4.69, 9.17) is 14.6 Å². The Morgan fingerprint density at radius 3 is 2.28 bits per heavy atom. The molecular formula is C18H26N2O5. The summed E-state index contributed by atoms with van der Waals surface area (Å²) in [6, 6.07) is 7.11. The number of rotatable bonds is 6. The molecule has 0 aliphatic carbocycles. The van der Waals surface area contributed by atoms with Gasteiger partial charge >= 0.3 is 12.0 Å². The summed E-state index contributed by atoms with van der Waals surface area (Å²) in [5.41, 5.74) is 0.945. The lowest BCUT2D eigenvalue weighted by molar-refractivity contribution is -0.143. The van der Waals surface area contributed by atoms with E-state index < -0.39 is 5.97 Å². The van der Waals surface area contributed by atoms with E-state index in [-0.39, 0.29) is 24.1 Å². The van der Waals surface area contributed by atoms with E-state index in [2.05, 4.69) is 5.32 Å². The fraction of sp³-hybridized carbons (Fsp3) is 0.556. The minimum absolute atomic E-state index is 0.188. The van der Waals surface area contributed by atoms with Gasteiger partial charge in [0.25, 0.3) is 0 Å². The molecule has 0 spiro atoms. The van der Waals surface area contributed by atoms with Crippen LogP contribution in [0.2, 0.25) is 0 Å². The first-order valence-electron chi connectivity index (χ1n) is 8.41. The molecule has 1 saturated heterocycles. The van der Waals surface area contributed by atoms with E-state index in [1.54, 1.807) is 19.1 Å². The second kappa shape index (κ2) is 8.71. The summed E-state index contributed by atoms with van der Waals surface area (Å²) >= 11 is 0. The van der Waals surface area contributed by atoms with Gasteiger partial charge in [-0.25, -0.2) is 4.79 Å². The van der Waals surface area contributed by atoms with Gasteiger partial charge in [0.05, 0.1) is 19.1 Å². The number of ether oxygens (including phenoxy) is 2. The van der Waals surface area contributed by atoms with E-state index in [0.717, 1.165) is 11.3 Å². The zero-order valence-electron chi connectivity index (χ0n) is 14.9. The lowest BCUT2D eigenvalue weighted by Gasteiger charge is -2.32. The van der Waals surface area contributed by atoms with Gasteiger partial charge in [-0.1, -0.05) is 12.1 Å². The number of carbonyl (C=O) groups excluding carboxylic acids is 1. The summed E-state index contributed by atoms with van der Waals surface area (Å²) in [6.45, 7) is 2.80. The van der Waals surface area contributed by atoms with E-state index in [9.17, 15) is 9.59 Å². The summed E-state index contributed by atoms with van der Waals surface area (Å²) in [5.74, 6) is -0.378.